The lowest BCUT2D eigenvalue weighted by Crippen LogP contribution is -2.39. The molecule has 0 aromatic heterocycles. The summed E-state index contributed by atoms with van der Waals surface area (Å²) >= 11 is 0. The minimum atomic E-state index is -3.36. The van der Waals surface area contributed by atoms with Crippen molar-refractivity contribution in [3.63, 3.8) is 0 Å². The van der Waals surface area contributed by atoms with Crippen LogP contribution < -0.4 is 9.88 Å². The molecule has 1 aliphatic rings. The molecule has 0 aliphatic carbocycles. The van der Waals surface area contributed by atoms with E-state index in [0.717, 1.165) is 51.1 Å². The molecule has 22 heavy (non-hydrogen) atoms. The van der Waals surface area contributed by atoms with E-state index in [0.29, 0.717) is 0 Å². The smallest absolute Gasteiger partial charge is 0.209 e. The van der Waals surface area contributed by atoms with Gasteiger partial charge < -0.3 is 9.64 Å². The van der Waals surface area contributed by atoms with E-state index in [1.54, 1.807) is 7.11 Å². The highest BCUT2D eigenvalue weighted by Gasteiger charge is 2.22. The molecule has 1 fully saturated rings. The van der Waals surface area contributed by atoms with Crippen LogP contribution in [-0.4, -0.2) is 45.8 Å². The number of hydrogen-bond acceptors (Lipinski definition) is 4. The van der Waals surface area contributed by atoms with E-state index < -0.39 is 10.0 Å². The first kappa shape index (κ1) is 17.2. The maximum atomic E-state index is 11.2. The van der Waals surface area contributed by atoms with Gasteiger partial charge in [0.25, 0.3) is 0 Å². The van der Waals surface area contributed by atoms with Crippen LogP contribution in [0.4, 0.5) is 0 Å². The normalized spacial score (nSPS) is 20.0. The van der Waals surface area contributed by atoms with Gasteiger partial charge >= 0.3 is 0 Å². The number of nitrogens with two attached hydrogens (primary N) is 1. The second-order valence-electron chi connectivity index (χ2n) is 6.09. The van der Waals surface area contributed by atoms with Crippen molar-refractivity contribution in [2.24, 2.45) is 11.1 Å². The Hall–Kier alpha value is -1.11. The third-order valence-electron chi connectivity index (χ3n) is 4.15. The number of rotatable bonds is 7. The summed E-state index contributed by atoms with van der Waals surface area (Å²) in [6.07, 6.45) is 4.09. The quantitative estimate of drug-likeness (QED) is 0.826. The minimum Gasteiger partial charge on any atom is -0.497 e. The molecule has 0 amide bonds. The molecular weight excluding hydrogens is 300 g/mol. The third kappa shape index (κ3) is 5.94. The van der Waals surface area contributed by atoms with Gasteiger partial charge in [-0.15, -0.1) is 0 Å². The van der Waals surface area contributed by atoms with Crippen molar-refractivity contribution >= 4 is 10.0 Å². The van der Waals surface area contributed by atoms with Crippen molar-refractivity contribution in [1.82, 2.24) is 4.90 Å². The van der Waals surface area contributed by atoms with Gasteiger partial charge in [0.15, 0.2) is 0 Å². The Labute approximate surface area is 133 Å². The molecule has 0 saturated carbocycles. The van der Waals surface area contributed by atoms with E-state index in [2.05, 4.69) is 17.0 Å². The zero-order valence-electron chi connectivity index (χ0n) is 13.2. The number of piperidine rings is 1. The largest absolute Gasteiger partial charge is 0.497 e. The first-order chi connectivity index (χ1) is 10.5. The first-order valence-corrected chi connectivity index (χ1v) is 9.53. The molecule has 5 nitrogen and oxygen atoms in total. The maximum absolute atomic E-state index is 11.2. The Bertz CT molecular complexity index is 575. The molecule has 1 heterocycles. The molecule has 1 aliphatic heterocycles. The second kappa shape index (κ2) is 7.94. The molecule has 0 unspecified atom stereocenters. The lowest BCUT2D eigenvalue weighted by molar-refractivity contribution is 0.183. The molecule has 124 valence electrons. The first-order valence-electron chi connectivity index (χ1n) is 7.82. The van der Waals surface area contributed by atoms with Crippen molar-refractivity contribution in [1.29, 1.82) is 0 Å². The number of methoxy groups -OCH3 is 1. The van der Waals surface area contributed by atoms with Crippen LogP contribution in [0.3, 0.4) is 0 Å². The molecule has 0 spiro atoms. The van der Waals surface area contributed by atoms with Crippen molar-refractivity contribution in [3.8, 4) is 5.75 Å². The summed E-state index contributed by atoms with van der Waals surface area (Å²) in [4.78, 5) is 2.36. The summed E-state index contributed by atoms with van der Waals surface area (Å²) in [6.45, 7) is 2.89. The molecular formula is C16H26N2O3S. The summed E-state index contributed by atoms with van der Waals surface area (Å²) in [5.41, 5.74) is 1.28. The topological polar surface area (TPSA) is 72.6 Å². The third-order valence-corrected chi connectivity index (χ3v) is 5.08. The molecule has 2 N–H and O–H groups in total. The van der Waals surface area contributed by atoms with Gasteiger partial charge in [-0.25, -0.2) is 13.6 Å². The summed E-state index contributed by atoms with van der Waals surface area (Å²) in [5.74, 6) is 1.18. The van der Waals surface area contributed by atoms with Crippen LogP contribution in [0.25, 0.3) is 0 Å². The molecule has 1 saturated heterocycles. The van der Waals surface area contributed by atoms with Gasteiger partial charge in [-0.3, -0.25) is 0 Å². The van der Waals surface area contributed by atoms with Crippen molar-refractivity contribution in [2.75, 3.05) is 32.5 Å². The standard InChI is InChI=1S/C16H26N2O3S/c1-21-16-8-2-5-14(11-16)6-3-9-18-10-4-7-15(12-18)13-22(17,19)20/h2,5,8,11,15H,3-4,6-7,9-10,12-13H2,1H3,(H2,17,19,20)/t15-/m1/s1. The average molecular weight is 326 g/mol. The van der Waals surface area contributed by atoms with Crippen LogP contribution in [0.5, 0.6) is 5.75 Å². The number of sulfonamides is 1. The zero-order chi connectivity index (χ0) is 16.0. The lowest BCUT2D eigenvalue weighted by atomic mass is 9.99. The summed E-state index contributed by atoms with van der Waals surface area (Å²) in [5, 5.41) is 5.16. The second-order valence-corrected chi connectivity index (χ2v) is 7.75. The van der Waals surface area contributed by atoms with Gasteiger partial charge in [0.05, 0.1) is 12.9 Å². The zero-order valence-corrected chi connectivity index (χ0v) is 14.0. The summed E-state index contributed by atoms with van der Waals surface area (Å²) < 4.78 is 27.7. The molecule has 6 heteroatoms. The molecule has 0 radical (unpaired) electrons. The van der Waals surface area contributed by atoms with Crippen LogP contribution in [0, 0.1) is 5.92 Å². The van der Waals surface area contributed by atoms with Gasteiger partial charge in [-0.1, -0.05) is 12.1 Å². The molecule has 0 bridgehead atoms. The summed E-state index contributed by atoms with van der Waals surface area (Å²) in [7, 11) is -1.68. The number of benzene rings is 1. The van der Waals surface area contributed by atoms with Gasteiger partial charge in [-0.2, -0.15) is 0 Å². The highest BCUT2D eigenvalue weighted by Crippen LogP contribution is 2.19. The van der Waals surface area contributed by atoms with E-state index in [-0.39, 0.29) is 11.7 Å². The number of ether oxygens (including phenoxy) is 1. The van der Waals surface area contributed by atoms with Gasteiger partial charge in [0.1, 0.15) is 5.75 Å². The van der Waals surface area contributed by atoms with Crippen molar-refractivity contribution < 1.29 is 13.2 Å². The number of aryl methyl sites for hydroxylation is 1. The monoisotopic (exact) mass is 326 g/mol. The fourth-order valence-corrected chi connectivity index (χ4v) is 4.08. The van der Waals surface area contributed by atoms with Crippen LogP contribution in [-0.2, 0) is 16.4 Å². The highest BCUT2D eigenvalue weighted by atomic mass is 32.2. The molecule has 1 aromatic rings. The number of nitrogens with zero attached hydrogens (tertiary/aromatic N) is 1. The minimum absolute atomic E-state index is 0.111. The van der Waals surface area contributed by atoms with Crippen molar-refractivity contribution in [3.05, 3.63) is 29.8 Å². The number of primary sulfonamides is 1. The highest BCUT2D eigenvalue weighted by molar-refractivity contribution is 7.89. The molecule has 1 atom stereocenters. The van der Waals surface area contributed by atoms with E-state index in [9.17, 15) is 8.42 Å². The Morgan fingerprint density at radius 2 is 2.23 bits per heavy atom. The van der Waals surface area contributed by atoms with Gasteiger partial charge in [0, 0.05) is 6.54 Å². The molecule has 2 rings (SSSR count). The molecule has 1 aromatic carbocycles. The van der Waals surface area contributed by atoms with Crippen LogP contribution >= 0.6 is 0 Å². The van der Waals surface area contributed by atoms with Crippen LogP contribution in [0.2, 0.25) is 0 Å². The Kier molecular flexibility index (Phi) is 6.23. The average Bonchev–Trinajstić information content (AvgIpc) is 2.46. The van der Waals surface area contributed by atoms with E-state index >= 15 is 0 Å². The van der Waals surface area contributed by atoms with E-state index in [4.69, 9.17) is 9.88 Å². The SMILES string of the molecule is COc1cccc(CCCN2CCC[C@@H](CS(N)(=O)=O)C2)c1. The number of hydrogen-bond donors (Lipinski definition) is 1. The Morgan fingerprint density at radius 3 is 2.95 bits per heavy atom. The van der Waals surface area contributed by atoms with Crippen molar-refractivity contribution in [2.45, 2.75) is 25.7 Å². The number of likely N-dealkylation sites (tertiary alicyclic amines) is 1. The van der Waals surface area contributed by atoms with E-state index in [1.165, 1.54) is 5.56 Å². The van der Waals surface area contributed by atoms with Gasteiger partial charge in [-0.05, 0) is 62.4 Å². The summed E-state index contributed by atoms with van der Waals surface area (Å²) in [6, 6.07) is 8.14. The van der Waals surface area contributed by atoms with E-state index in [1.807, 2.05) is 12.1 Å². The predicted molar refractivity (Wildman–Crippen MR) is 88.5 cm³/mol. The Balaban J connectivity index is 1.76. The Morgan fingerprint density at radius 1 is 1.41 bits per heavy atom. The van der Waals surface area contributed by atoms with Gasteiger partial charge in [0.2, 0.25) is 10.0 Å². The lowest BCUT2D eigenvalue weighted by Gasteiger charge is -2.32. The predicted octanol–water partition coefficient (Wildman–Crippen LogP) is 1.63. The fraction of sp³-hybridized carbons (Fsp3) is 0.625. The fourth-order valence-electron chi connectivity index (χ4n) is 3.15. The maximum Gasteiger partial charge on any atom is 0.209 e. The van der Waals surface area contributed by atoms with Crippen LogP contribution in [0.1, 0.15) is 24.8 Å². The van der Waals surface area contributed by atoms with Crippen LogP contribution in [0.15, 0.2) is 24.3 Å².